The highest BCUT2D eigenvalue weighted by molar-refractivity contribution is 5.10. The molecule has 5 atom stereocenters. The first kappa shape index (κ1) is 7.41. The van der Waals surface area contributed by atoms with E-state index < -0.39 is 0 Å². The Morgan fingerprint density at radius 1 is 1.08 bits per heavy atom. The van der Waals surface area contributed by atoms with Crippen LogP contribution >= 0.6 is 0 Å². The van der Waals surface area contributed by atoms with E-state index in [9.17, 15) is 0 Å². The highest BCUT2D eigenvalue weighted by atomic mass is 14.7. The molecule has 0 aromatic heterocycles. The van der Waals surface area contributed by atoms with Crippen molar-refractivity contribution in [3.05, 3.63) is 0 Å². The fraction of sp³-hybridized carbons (Fsp3) is 1.00. The molecule has 0 aromatic rings. The van der Waals surface area contributed by atoms with Gasteiger partial charge in [-0.25, -0.2) is 0 Å². The third-order valence-corrected chi connectivity index (χ3v) is 5.69. The van der Waals surface area contributed by atoms with Crippen molar-refractivity contribution in [2.24, 2.45) is 29.1 Å². The lowest BCUT2D eigenvalue weighted by molar-refractivity contribution is -0.178. The third kappa shape index (κ3) is 0.625. The Kier molecular flexibility index (Phi) is 1.28. The molecule has 0 heterocycles. The minimum atomic E-state index is 0.839. The van der Waals surface area contributed by atoms with Gasteiger partial charge in [-0.05, 0) is 48.3 Å². The van der Waals surface area contributed by atoms with E-state index in [2.05, 4.69) is 13.8 Å². The van der Waals surface area contributed by atoms with Crippen molar-refractivity contribution in [2.45, 2.75) is 46.0 Å². The highest BCUT2D eigenvalue weighted by Crippen LogP contribution is 2.69. The number of hydrogen-bond acceptors (Lipinski definition) is 0. The SMILES string of the molecule is CC1C2CCCC13CC(C2)C3C. The largest absolute Gasteiger partial charge is 0.0617 e. The van der Waals surface area contributed by atoms with Crippen LogP contribution in [0.2, 0.25) is 0 Å². The zero-order valence-corrected chi connectivity index (χ0v) is 8.34. The molecule has 4 rings (SSSR count). The second-order valence-corrected chi connectivity index (χ2v) is 5.66. The van der Waals surface area contributed by atoms with Crippen molar-refractivity contribution in [1.29, 1.82) is 0 Å². The van der Waals surface area contributed by atoms with Gasteiger partial charge in [-0.3, -0.25) is 0 Å². The topological polar surface area (TPSA) is 0 Å². The maximum Gasteiger partial charge on any atom is -0.0238 e. The van der Waals surface area contributed by atoms with Gasteiger partial charge in [-0.2, -0.15) is 0 Å². The van der Waals surface area contributed by atoms with Crippen molar-refractivity contribution >= 4 is 0 Å². The Morgan fingerprint density at radius 3 is 2.50 bits per heavy atom. The molecule has 0 aliphatic heterocycles. The molecule has 0 saturated heterocycles. The van der Waals surface area contributed by atoms with Crippen molar-refractivity contribution in [2.75, 3.05) is 0 Å². The van der Waals surface area contributed by atoms with Crippen LogP contribution in [-0.4, -0.2) is 0 Å². The minimum Gasteiger partial charge on any atom is -0.0617 e. The van der Waals surface area contributed by atoms with Gasteiger partial charge in [0, 0.05) is 0 Å². The van der Waals surface area contributed by atoms with Gasteiger partial charge >= 0.3 is 0 Å². The average Bonchev–Trinajstić information content (AvgIpc) is 2.02. The number of rotatable bonds is 0. The predicted molar refractivity (Wildman–Crippen MR) is 50.8 cm³/mol. The summed E-state index contributed by atoms with van der Waals surface area (Å²) in [5.41, 5.74) is 0.839. The van der Waals surface area contributed by atoms with E-state index in [1.54, 1.807) is 25.7 Å². The third-order valence-electron chi connectivity index (χ3n) is 5.69. The van der Waals surface area contributed by atoms with Crippen LogP contribution in [0, 0.1) is 29.1 Å². The Labute approximate surface area is 75.7 Å². The molecule has 4 saturated carbocycles. The smallest absolute Gasteiger partial charge is 0.0238 e. The highest BCUT2D eigenvalue weighted by Gasteiger charge is 2.60. The molecule has 4 aliphatic rings. The first-order valence-corrected chi connectivity index (χ1v) is 5.74. The maximum absolute atomic E-state index is 2.54. The molecule has 4 fully saturated rings. The Bertz CT molecular complexity index is 202. The molecular formula is C12H20. The summed E-state index contributed by atoms with van der Waals surface area (Å²) in [7, 11) is 0. The van der Waals surface area contributed by atoms with E-state index in [1.807, 2.05) is 0 Å². The van der Waals surface area contributed by atoms with Crippen molar-refractivity contribution in [1.82, 2.24) is 0 Å². The van der Waals surface area contributed by atoms with Crippen LogP contribution in [0.4, 0.5) is 0 Å². The van der Waals surface area contributed by atoms with Gasteiger partial charge in [-0.1, -0.05) is 26.7 Å². The van der Waals surface area contributed by atoms with Crippen LogP contribution in [0.15, 0.2) is 0 Å². The summed E-state index contributed by atoms with van der Waals surface area (Å²) >= 11 is 0. The zero-order valence-electron chi connectivity index (χ0n) is 8.34. The Balaban J connectivity index is 1.96. The van der Waals surface area contributed by atoms with Gasteiger partial charge in [0.15, 0.2) is 0 Å². The van der Waals surface area contributed by atoms with Gasteiger partial charge in [0.2, 0.25) is 0 Å². The van der Waals surface area contributed by atoms with Crippen LogP contribution in [-0.2, 0) is 0 Å². The van der Waals surface area contributed by atoms with E-state index in [1.165, 1.54) is 6.42 Å². The first-order chi connectivity index (χ1) is 5.74. The molecule has 5 unspecified atom stereocenters. The fourth-order valence-electron chi connectivity index (χ4n) is 4.73. The van der Waals surface area contributed by atoms with Crippen molar-refractivity contribution in [3.8, 4) is 0 Å². The summed E-state index contributed by atoms with van der Waals surface area (Å²) in [5, 5.41) is 0. The molecule has 0 N–H and O–H groups in total. The summed E-state index contributed by atoms with van der Waals surface area (Å²) in [6, 6.07) is 0. The van der Waals surface area contributed by atoms with Crippen LogP contribution in [0.5, 0.6) is 0 Å². The summed E-state index contributed by atoms with van der Waals surface area (Å²) in [6.45, 7) is 5.06. The lowest BCUT2D eigenvalue weighted by atomic mass is 9.38. The van der Waals surface area contributed by atoms with Crippen LogP contribution in [0.3, 0.4) is 0 Å². The van der Waals surface area contributed by atoms with Gasteiger partial charge in [0.1, 0.15) is 0 Å². The van der Waals surface area contributed by atoms with E-state index in [-0.39, 0.29) is 0 Å². The summed E-state index contributed by atoms with van der Waals surface area (Å²) in [4.78, 5) is 0. The Morgan fingerprint density at radius 2 is 1.83 bits per heavy atom. The van der Waals surface area contributed by atoms with Crippen LogP contribution < -0.4 is 0 Å². The molecule has 68 valence electrons. The van der Waals surface area contributed by atoms with Gasteiger partial charge in [0.25, 0.3) is 0 Å². The molecule has 0 heteroatoms. The lowest BCUT2D eigenvalue weighted by Gasteiger charge is -2.67. The molecular weight excluding hydrogens is 144 g/mol. The molecule has 12 heavy (non-hydrogen) atoms. The fourth-order valence-corrected chi connectivity index (χ4v) is 4.73. The maximum atomic E-state index is 2.54. The van der Waals surface area contributed by atoms with Crippen LogP contribution in [0.1, 0.15) is 46.0 Å². The van der Waals surface area contributed by atoms with Crippen molar-refractivity contribution in [3.63, 3.8) is 0 Å². The molecule has 0 aromatic carbocycles. The molecule has 0 amide bonds. The normalized spacial score (nSPS) is 62.5. The summed E-state index contributed by atoms with van der Waals surface area (Å²) in [6.07, 6.45) is 7.80. The summed E-state index contributed by atoms with van der Waals surface area (Å²) in [5.74, 6) is 4.38. The van der Waals surface area contributed by atoms with Gasteiger partial charge in [-0.15, -0.1) is 0 Å². The minimum absolute atomic E-state index is 0.839. The number of hydrogen-bond donors (Lipinski definition) is 0. The average molecular weight is 164 g/mol. The second-order valence-electron chi connectivity index (χ2n) is 5.66. The molecule has 0 radical (unpaired) electrons. The van der Waals surface area contributed by atoms with E-state index >= 15 is 0 Å². The lowest BCUT2D eigenvalue weighted by Crippen LogP contribution is -2.59. The standard InChI is InChI=1S/C12H20/c1-8-10-4-3-5-12(8)7-11(6-10)9(12)2/h8-11H,3-7H2,1-2H3. The van der Waals surface area contributed by atoms with E-state index in [4.69, 9.17) is 0 Å². The molecule has 4 aliphatic carbocycles. The van der Waals surface area contributed by atoms with Gasteiger partial charge in [0.05, 0.1) is 0 Å². The van der Waals surface area contributed by atoms with Crippen molar-refractivity contribution < 1.29 is 0 Å². The quantitative estimate of drug-likeness (QED) is 0.514. The zero-order chi connectivity index (χ0) is 8.34. The Hall–Kier alpha value is 0. The predicted octanol–water partition coefficient (Wildman–Crippen LogP) is 3.47. The van der Waals surface area contributed by atoms with E-state index in [0.29, 0.717) is 0 Å². The molecule has 3 bridgehead atoms. The first-order valence-electron chi connectivity index (χ1n) is 5.74. The monoisotopic (exact) mass is 164 g/mol. The van der Waals surface area contributed by atoms with Crippen LogP contribution in [0.25, 0.3) is 0 Å². The second kappa shape index (κ2) is 2.08. The molecule has 0 nitrogen and oxygen atoms in total. The van der Waals surface area contributed by atoms with E-state index in [0.717, 1.165) is 29.1 Å². The summed E-state index contributed by atoms with van der Waals surface area (Å²) < 4.78 is 0. The van der Waals surface area contributed by atoms with Gasteiger partial charge < -0.3 is 0 Å². The molecule has 1 spiro atoms.